The Morgan fingerprint density at radius 2 is 2.00 bits per heavy atom. The van der Waals surface area contributed by atoms with Gasteiger partial charge in [-0.25, -0.2) is 0 Å². The van der Waals surface area contributed by atoms with Crippen LogP contribution >= 0.6 is 12.2 Å². The molecule has 0 aromatic carbocycles. The van der Waals surface area contributed by atoms with Crippen LogP contribution in [0.4, 0.5) is 0 Å². The second-order valence-corrected chi connectivity index (χ2v) is 5.39. The summed E-state index contributed by atoms with van der Waals surface area (Å²) in [4.78, 5) is 5.50. The summed E-state index contributed by atoms with van der Waals surface area (Å²) in [5.74, 6) is -0.0754. The average Bonchev–Trinajstić information content (AvgIpc) is 2.24. The Bertz CT molecular complexity index is 424. The standard InChI is InChI=1S/C12H19N5S/c1-12(2,3)16-11(18)17(10(13)14)8-9-4-6-15-7-5-9/h4-7H,8H2,1-3H3,(H3,13,14)(H,16,18). The van der Waals surface area contributed by atoms with Crippen molar-refractivity contribution >= 4 is 23.3 Å². The van der Waals surface area contributed by atoms with Crippen molar-refractivity contribution in [3.8, 4) is 0 Å². The Hall–Kier alpha value is -1.69. The summed E-state index contributed by atoms with van der Waals surface area (Å²) in [6, 6.07) is 3.74. The van der Waals surface area contributed by atoms with Crippen molar-refractivity contribution < 1.29 is 0 Å². The number of rotatable bonds is 2. The third kappa shape index (κ3) is 4.67. The number of aromatic nitrogens is 1. The highest BCUT2D eigenvalue weighted by atomic mass is 32.1. The van der Waals surface area contributed by atoms with E-state index in [1.54, 1.807) is 17.3 Å². The van der Waals surface area contributed by atoms with Gasteiger partial charge in [0.1, 0.15) is 0 Å². The number of nitrogens with two attached hydrogens (primary N) is 1. The number of hydrogen-bond donors (Lipinski definition) is 3. The monoisotopic (exact) mass is 265 g/mol. The first-order valence-electron chi connectivity index (χ1n) is 5.62. The van der Waals surface area contributed by atoms with E-state index in [0.29, 0.717) is 11.7 Å². The summed E-state index contributed by atoms with van der Waals surface area (Å²) in [7, 11) is 0. The molecule has 6 heteroatoms. The minimum absolute atomic E-state index is 0.0754. The molecule has 0 radical (unpaired) electrons. The third-order valence-electron chi connectivity index (χ3n) is 2.11. The Morgan fingerprint density at radius 1 is 1.44 bits per heavy atom. The van der Waals surface area contributed by atoms with Crippen LogP contribution in [0.3, 0.4) is 0 Å². The molecular weight excluding hydrogens is 246 g/mol. The van der Waals surface area contributed by atoms with Crippen LogP contribution in [0, 0.1) is 5.41 Å². The molecule has 0 bridgehead atoms. The lowest BCUT2D eigenvalue weighted by molar-refractivity contribution is 0.473. The highest BCUT2D eigenvalue weighted by molar-refractivity contribution is 7.80. The Kier molecular flexibility index (Phi) is 4.61. The van der Waals surface area contributed by atoms with E-state index in [1.807, 2.05) is 32.9 Å². The molecule has 0 fully saturated rings. The molecule has 4 N–H and O–H groups in total. The van der Waals surface area contributed by atoms with E-state index in [1.165, 1.54) is 0 Å². The quantitative estimate of drug-likeness (QED) is 0.428. The second-order valence-electron chi connectivity index (χ2n) is 5.01. The van der Waals surface area contributed by atoms with E-state index in [2.05, 4.69) is 10.3 Å². The van der Waals surface area contributed by atoms with E-state index in [4.69, 9.17) is 23.4 Å². The first kappa shape index (κ1) is 14.4. The number of nitrogens with one attached hydrogen (secondary N) is 2. The molecule has 0 spiro atoms. The molecule has 0 aliphatic rings. The smallest absolute Gasteiger partial charge is 0.195 e. The van der Waals surface area contributed by atoms with E-state index in [9.17, 15) is 0 Å². The van der Waals surface area contributed by atoms with Gasteiger partial charge in [0.15, 0.2) is 11.1 Å². The van der Waals surface area contributed by atoms with Crippen LogP contribution in [0.15, 0.2) is 24.5 Å². The highest BCUT2D eigenvalue weighted by Crippen LogP contribution is 2.06. The maximum Gasteiger partial charge on any atom is 0.195 e. The minimum Gasteiger partial charge on any atom is -0.370 e. The lowest BCUT2D eigenvalue weighted by Crippen LogP contribution is -2.51. The van der Waals surface area contributed by atoms with Gasteiger partial charge < -0.3 is 11.1 Å². The van der Waals surface area contributed by atoms with Crippen molar-refractivity contribution in [3.63, 3.8) is 0 Å². The van der Waals surface area contributed by atoms with Gasteiger partial charge in [-0.1, -0.05) is 0 Å². The molecule has 0 aliphatic carbocycles. The Morgan fingerprint density at radius 3 is 2.44 bits per heavy atom. The average molecular weight is 265 g/mol. The molecule has 0 aliphatic heterocycles. The predicted octanol–water partition coefficient (Wildman–Crippen LogP) is 1.45. The molecule has 1 aromatic rings. The molecule has 0 saturated heterocycles. The lowest BCUT2D eigenvalue weighted by atomic mass is 10.1. The molecular formula is C12H19N5S. The van der Waals surface area contributed by atoms with Gasteiger partial charge in [0.05, 0.1) is 6.54 Å². The number of hydrogen-bond acceptors (Lipinski definition) is 3. The van der Waals surface area contributed by atoms with Crippen molar-refractivity contribution in [3.05, 3.63) is 30.1 Å². The Labute approximate surface area is 113 Å². The number of pyridine rings is 1. The van der Waals surface area contributed by atoms with Crippen LogP contribution in [0.25, 0.3) is 0 Å². The molecule has 98 valence electrons. The van der Waals surface area contributed by atoms with Gasteiger partial charge in [0.25, 0.3) is 0 Å². The molecule has 1 heterocycles. The van der Waals surface area contributed by atoms with Crippen LogP contribution in [0.2, 0.25) is 0 Å². The van der Waals surface area contributed by atoms with E-state index < -0.39 is 0 Å². The van der Waals surface area contributed by atoms with E-state index in [0.717, 1.165) is 5.56 Å². The van der Waals surface area contributed by atoms with Crippen molar-refractivity contribution in [2.45, 2.75) is 32.9 Å². The summed E-state index contributed by atoms with van der Waals surface area (Å²) >= 11 is 5.28. The molecule has 0 saturated carbocycles. The van der Waals surface area contributed by atoms with Gasteiger partial charge in [-0.15, -0.1) is 0 Å². The molecule has 0 amide bonds. The molecule has 5 nitrogen and oxygen atoms in total. The largest absolute Gasteiger partial charge is 0.370 e. The Balaban J connectivity index is 2.78. The van der Waals surface area contributed by atoms with E-state index >= 15 is 0 Å². The van der Waals surface area contributed by atoms with Gasteiger partial charge in [-0.3, -0.25) is 15.3 Å². The van der Waals surface area contributed by atoms with Crippen LogP contribution in [0.1, 0.15) is 26.3 Å². The van der Waals surface area contributed by atoms with Crippen molar-refractivity contribution in [1.29, 1.82) is 5.41 Å². The van der Waals surface area contributed by atoms with Crippen LogP contribution in [0.5, 0.6) is 0 Å². The lowest BCUT2D eigenvalue weighted by Gasteiger charge is -2.30. The molecule has 0 unspecified atom stereocenters. The fourth-order valence-corrected chi connectivity index (χ4v) is 1.79. The first-order chi connectivity index (χ1) is 8.29. The van der Waals surface area contributed by atoms with Gasteiger partial charge in [-0.05, 0) is 50.7 Å². The van der Waals surface area contributed by atoms with E-state index in [-0.39, 0.29) is 11.5 Å². The highest BCUT2D eigenvalue weighted by Gasteiger charge is 2.18. The topological polar surface area (TPSA) is 78.0 Å². The number of guanidine groups is 1. The minimum atomic E-state index is -0.164. The van der Waals surface area contributed by atoms with Crippen LogP contribution in [-0.4, -0.2) is 26.5 Å². The fraction of sp³-hybridized carbons (Fsp3) is 0.417. The van der Waals surface area contributed by atoms with Crippen molar-refractivity contribution in [2.24, 2.45) is 5.73 Å². The number of thiocarbonyl (C=S) groups is 1. The maximum absolute atomic E-state index is 7.60. The first-order valence-corrected chi connectivity index (χ1v) is 6.03. The predicted molar refractivity (Wildman–Crippen MR) is 77.2 cm³/mol. The van der Waals surface area contributed by atoms with Crippen LogP contribution in [-0.2, 0) is 6.54 Å². The zero-order valence-corrected chi connectivity index (χ0v) is 11.7. The fourth-order valence-electron chi connectivity index (χ4n) is 1.33. The molecule has 1 rings (SSSR count). The zero-order valence-electron chi connectivity index (χ0n) is 10.9. The molecule has 18 heavy (non-hydrogen) atoms. The molecule has 0 atom stereocenters. The SMILES string of the molecule is CC(C)(C)NC(=S)N(Cc1ccncc1)C(=N)N. The molecule has 1 aromatic heterocycles. The van der Waals surface area contributed by atoms with Gasteiger partial charge in [0, 0.05) is 17.9 Å². The summed E-state index contributed by atoms with van der Waals surface area (Å²) in [6.45, 7) is 6.47. The zero-order chi connectivity index (χ0) is 13.8. The van der Waals surface area contributed by atoms with Gasteiger partial charge in [0.2, 0.25) is 0 Å². The van der Waals surface area contributed by atoms with Gasteiger partial charge >= 0.3 is 0 Å². The van der Waals surface area contributed by atoms with Crippen molar-refractivity contribution in [2.75, 3.05) is 0 Å². The van der Waals surface area contributed by atoms with Crippen LogP contribution < -0.4 is 11.1 Å². The third-order valence-corrected chi connectivity index (χ3v) is 2.43. The summed E-state index contributed by atoms with van der Waals surface area (Å²) in [5, 5.41) is 11.2. The summed E-state index contributed by atoms with van der Waals surface area (Å²) in [6.07, 6.45) is 3.40. The van der Waals surface area contributed by atoms with Gasteiger partial charge in [-0.2, -0.15) is 0 Å². The normalized spacial score (nSPS) is 10.8. The maximum atomic E-state index is 7.60. The second kappa shape index (κ2) is 5.77. The number of nitrogens with zero attached hydrogens (tertiary/aromatic N) is 2. The summed E-state index contributed by atoms with van der Waals surface area (Å²) < 4.78 is 0. The summed E-state index contributed by atoms with van der Waals surface area (Å²) in [5.41, 5.74) is 6.41. The van der Waals surface area contributed by atoms with Crippen molar-refractivity contribution in [1.82, 2.24) is 15.2 Å².